The molecule has 0 atom stereocenters. The molecule has 2 aromatic heterocycles. The van der Waals surface area contributed by atoms with Gasteiger partial charge in [-0.05, 0) is 61.4 Å². The maximum absolute atomic E-state index is 13.0. The van der Waals surface area contributed by atoms with Crippen molar-refractivity contribution in [2.24, 2.45) is 0 Å². The molecule has 0 saturated carbocycles. The van der Waals surface area contributed by atoms with Gasteiger partial charge < -0.3 is 5.32 Å². The van der Waals surface area contributed by atoms with E-state index in [4.69, 9.17) is 0 Å². The van der Waals surface area contributed by atoms with Crippen LogP contribution in [0.1, 0.15) is 28.4 Å². The van der Waals surface area contributed by atoms with Gasteiger partial charge in [-0.2, -0.15) is 0 Å². The predicted molar refractivity (Wildman–Crippen MR) is 128 cm³/mol. The monoisotopic (exact) mass is 422 g/mol. The van der Waals surface area contributed by atoms with Crippen LogP contribution in [0.15, 0.2) is 77.7 Å². The molecule has 32 heavy (non-hydrogen) atoms. The summed E-state index contributed by atoms with van der Waals surface area (Å²) in [5.74, 6) is -0.214. The first-order chi connectivity index (χ1) is 15.5. The Balaban J connectivity index is 1.56. The third-order valence-electron chi connectivity index (χ3n) is 5.70. The molecule has 6 heteroatoms. The number of carbonyl (C=O) groups excluding carboxylic acids is 1. The van der Waals surface area contributed by atoms with Crippen molar-refractivity contribution < 1.29 is 4.79 Å². The van der Waals surface area contributed by atoms with Crippen LogP contribution >= 0.6 is 0 Å². The van der Waals surface area contributed by atoms with Gasteiger partial charge in [-0.15, -0.1) is 0 Å². The van der Waals surface area contributed by atoms with Crippen LogP contribution < -0.4 is 10.9 Å². The molecule has 0 aliphatic rings. The van der Waals surface area contributed by atoms with Gasteiger partial charge in [0.15, 0.2) is 0 Å². The number of aromatic amines is 1. The normalized spacial score (nSPS) is 11.2. The fourth-order valence-corrected chi connectivity index (χ4v) is 3.80. The number of benzene rings is 3. The van der Waals surface area contributed by atoms with Crippen molar-refractivity contribution in [2.75, 3.05) is 5.32 Å². The topological polar surface area (TPSA) is 79.8 Å². The summed E-state index contributed by atoms with van der Waals surface area (Å²) in [5.41, 5.74) is 5.49. The zero-order chi connectivity index (χ0) is 22.2. The molecule has 0 radical (unpaired) electrons. The van der Waals surface area contributed by atoms with E-state index >= 15 is 0 Å². The zero-order valence-electron chi connectivity index (χ0n) is 17.8. The molecule has 6 nitrogen and oxygen atoms in total. The largest absolute Gasteiger partial charge is 0.322 e. The van der Waals surface area contributed by atoms with Crippen LogP contribution in [-0.2, 0) is 6.42 Å². The summed E-state index contributed by atoms with van der Waals surface area (Å²) in [5, 5.41) is 7.34. The number of nitrogens with zero attached hydrogens (tertiary/aromatic N) is 2. The number of anilines is 1. The molecule has 0 unspecified atom stereocenters. The molecule has 0 spiro atoms. The molecular weight excluding hydrogens is 400 g/mol. The summed E-state index contributed by atoms with van der Waals surface area (Å²) >= 11 is 0. The lowest BCUT2D eigenvalue weighted by atomic mass is 10.1. The minimum absolute atomic E-state index is 0.177. The van der Waals surface area contributed by atoms with Crippen molar-refractivity contribution in [3.05, 3.63) is 100.0 Å². The number of aromatic nitrogens is 3. The highest BCUT2D eigenvalue weighted by Crippen LogP contribution is 2.23. The molecule has 0 bridgehead atoms. The second-order valence-corrected chi connectivity index (χ2v) is 7.87. The molecule has 3 aromatic carbocycles. The Kier molecular flexibility index (Phi) is 4.82. The van der Waals surface area contributed by atoms with E-state index in [9.17, 15) is 9.59 Å². The molecule has 5 rings (SSSR count). The maximum Gasteiger partial charge on any atom is 0.280 e. The minimum atomic E-state index is -0.214. The minimum Gasteiger partial charge on any atom is -0.322 e. The SMILES string of the molecule is CCc1ccc(NC(=O)c2ccc3ncc4c(=O)n(-c5ccc(C)cc5)[nH]c4c3c2)cc1. The molecule has 158 valence electrons. The lowest BCUT2D eigenvalue weighted by Gasteiger charge is -2.07. The van der Waals surface area contributed by atoms with Crippen LogP contribution in [0, 0.1) is 6.92 Å². The molecule has 0 aliphatic carbocycles. The van der Waals surface area contributed by atoms with Gasteiger partial charge in [-0.3, -0.25) is 19.7 Å². The Bertz CT molecular complexity index is 1510. The van der Waals surface area contributed by atoms with Crippen LogP contribution in [0.5, 0.6) is 0 Å². The number of H-pyrrole nitrogens is 1. The summed E-state index contributed by atoms with van der Waals surface area (Å²) in [6.07, 6.45) is 2.53. The van der Waals surface area contributed by atoms with Gasteiger partial charge >= 0.3 is 0 Å². The summed E-state index contributed by atoms with van der Waals surface area (Å²) in [4.78, 5) is 30.3. The van der Waals surface area contributed by atoms with E-state index in [2.05, 4.69) is 22.3 Å². The number of amides is 1. The van der Waals surface area contributed by atoms with E-state index < -0.39 is 0 Å². The van der Waals surface area contributed by atoms with E-state index in [1.165, 1.54) is 10.2 Å². The number of aryl methyl sites for hydroxylation is 2. The van der Waals surface area contributed by atoms with Crippen LogP contribution in [0.3, 0.4) is 0 Å². The first-order valence-electron chi connectivity index (χ1n) is 10.5. The fraction of sp³-hybridized carbons (Fsp3) is 0.115. The van der Waals surface area contributed by atoms with Crippen molar-refractivity contribution in [3.8, 4) is 5.69 Å². The number of pyridine rings is 1. The summed E-state index contributed by atoms with van der Waals surface area (Å²) < 4.78 is 1.51. The zero-order valence-corrected chi connectivity index (χ0v) is 17.8. The van der Waals surface area contributed by atoms with E-state index in [-0.39, 0.29) is 11.5 Å². The number of rotatable bonds is 4. The van der Waals surface area contributed by atoms with E-state index in [0.717, 1.165) is 28.7 Å². The quantitative estimate of drug-likeness (QED) is 0.428. The highest BCUT2D eigenvalue weighted by atomic mass is 16.1. The fourth-order valence-electron chi connectivity index (χ4n) is 3.80. The first-order valence-corrected chi connectivity index (χ1v) is 10.5. The number of nitrogens with one attached hydrogen (secondary N) is 2. The lowest BCUT2D eigenvalue weighted by molar-refractivity contribution is 0.102. The van der Waals surface area contributed by atoms with Crippen molar-refractivity contribution in [1.29, 1.82) is 0 Å². The molecule has 0 aliphatic heterocycles. The van der Waals surface area contributed by atoms with E-state index in [0.29, 0.717) is 22.0 Å². The van der Waals surface area contributed by atoms with Crippen LogP contribution in [0.4, 0.5) is 5.69 Å². The molecule has 5 aromatic rings. The Hall–Kier alpha value is -4.19. The first kappa shape index (κ1) is 19.8. The van der Waals surface area contributed by atoms with Gasteiger partial charge in [0.05, 0.1) is 22.1 Å². The van der Waals surface area contributed by atoms with Gasteiger partial charge in [-0.25, -0.2) is 4.68 Å². The Morgan fingerprint density at radius 3 is 2.47 bits per heavy atom. The number of hydrogen-bond acceptors (Lipinski definition) is 3. The third-order valence-corrected chi connectivity index (χ3v) is 5.70. The summed E-state index contributed by atoms with van der Waals surface area (Å²) in [6.45, 7) is 4.09. The van der Waals surface area contributed by atoms with Gasteiger partial charge in [-0.1, -0.05) is 36.8 Å². The molecular formula is C26H22N4O2. The summed E-state index contributed by atoms with van der Waals surface area (Å²) in [6, 6.07) is 20.8. The highest BCUT2D eigenvalue weighted by molar-refractivity contribution is 6.10. The maximum atomic E-state index is 13.0. The van der Waals surface area contributed by atoms with Crippen molar-refractivity contribution in [1.82, 2.24) is 14.8 Å². The Morgan fingerprint density at radius 1 is 1.00 bits per heavy atom. The lowest BCUT2D eigenvalue weighted by Crippen LogP contribution is -2.14. The van der Waals surface area contributed by atoms with Crippen molar-refractivity contribution >= 4 is 33.4 Å². The third kappa shape index (κ3) is 3.46. The van der Waals surface area contributed by atoms with Crippen LogP contribution in [0.25, 0.3) is 27.5 Å². The molecule has 2 N–H and O–H groups in total. The Morgan fingerprint density at radius 2 is 1.75 bits per heavy atom. The average Bonchev–Trinajstić information content (AvgIpc) is 3.16. The van der Waals surface area contributed by atoms with Gasteiger partial charge in [0.25, 0.3) is 11.5 Å². The van der Waals surface area contributed by atoms with Gasteiger partial charge in [0, 0.05) is 22.8 Å². The molecule has 2 heterocycles. The highest BCUT2D eigenvalue weighted by Gasteiger charge is 2.14. The van der Waals surface area contributed by atoms with Crippen LogP contribution in [0.2, 0.25) is 0 Å². The predicted octanol–water partition coefficient (Wildman–Crippen LogP) is 4.99. The molecule has 1 amide bonds. The second-order valence-electron chi connectivity index (χ2n) is 7.87. The molecule has 0 fully saturated rings. The summed E-state index contributed by atoms with van der Waals surface area (Å²) in [7, 11) is 0. The standard InChI is InChI=1S/C26H22N4O2/c1-3-17-6-9-19(10-7-17)28-25(31)18-8-13-23-21(14-18)24-22(15-27-23)26(32)30(29-24)20-11-4-16(2)5-12-20/h4-15,29H,3H2,1-2H3,(H,28,31). The van der Waals surface area contributed by atoms with E-state index in [1.807, 2.05) is 55.5 Å². The van der Waals surface area contributed by atoms with Crippen molar-refractivity contribution in [3.63, 3.8) is 0 Å². The molecule has 0 saturated heterocycles. The number of carbonyl (C=O) groups is 1. The number of hydrogen-bond donors (Lipinski definition) is 2. The van der Waals surface area contributed by atoms with Gasteiger partial charge in [0.1, 0.15) is 0 Å². The average molecular weight is 422 g/mol. The van der Waals surface area contributed by atoms with Gasteiger partial charge in [0.2, 0.25) is 0 Å². The Labute approximate surface area is 184 Å². The number of fused-ring (bicyclic) bond motifs is 3. The second kappa shape index (κ2) is 7.81. The van der Waals surface area contributed by atoms with Crippen LogP contribution in [-0.4, -0.2) is 20.7 Å². The smallest absolute Gasteiger partial charge is 0.280 e. The van der Waals surface area contributed by atoms with Crippen molar-refractivity contribution in [2.45, 2.75) is 20.3 Å². The van der Waals surface area contributed by atoms with E-state index in [1.54, 1.807) is 24.4 Å².